The van der Waals surface area contributed by atoms with Gasteiger partial charge in [-0.25, -0.2) is 0 Å². The van der Waals surface area contributed by atoms with Crippen LogP contribution in [0, 0.1) is 0 Å². The van der Waals surface area contributed by atoms with Crippen LogP contribution in [0.1, 0.15) is 18.5 Å². The number of hydrogen-bond acceptors (Lipinski definition) is 4. The predicted molar refractivity (Wildman–Crippen MR) is 64.0 cm³/mol. The lowest BCUT2D eigenvalue weighted by Crippen LogP contribution is -2.19. The van der Waals surface area contributed by atoms with Crippen LogP contribution in [-0.2, 0) is 9.53 Å². The average molecular weight is 236 g/mol. The first-order valence-electron chi connectivity index (χ1n) is 5.63. The van der Waals surface area contributed by atoms with Gasteiger partial charge in [0.1, 0.15) is 18.4 Å². The highest BCUT2D eigenvalue weighted by molar-refractivity contribution is 6.02. The molecule has 1 unspecified atom stereocenters. The number of nitrogens with two attached hydrogens (primary N) is 1. The molecule has 1 atom stereocenters. The highest BCUT2D eigenvalue weighted by atomic mass is 16.5. The van der Waals surface area contributed by atoms with E-state index in [-0.39, 0.29) is 5.91 Å². The van der Waals surface area contributed by atoms with E-state index in [1.54, 1.807) is 6.07 Å². The van der Waals surface area contributed by atoms with Gasteiger partial charge in [-0.3, -0.25) is 4.79 Å². The number of fused-ring (bicyclic) bond motifs is 1. The van der Waals surface area contributed by atoms with E-state index in [0.29, 0.717) is 25.6 Å². The van der Waals surface area contributed by atoms with E-state index >= 15 is 0 Å². The van der Waals surface area contributed by atoms with Crippen LogP contribution in [0.15, 0.2) is 18.2 Å². The van der Waals surface area contributed by atoms with E-state index in [4.69, 9.17) is 15.2 Å². The molecule has 2 rings (SSSR count). The van der Waals surface area contributed by atoms with Gasteiger partial charge in [-0.1, -0.05) is 6.07 Å². The summed E-state index contributed by atoms with van der Waals surface area (Å²) in [5, 5.41) is 2.71. The Bertz CT molecular complexity index is 420. The molecule has 0 saturated heterocycles. The maximum Gasteiger partial charge on any atom is 0.245 e. The lowest BCUT2D eigenvalue weighted by molar-refractivity contribution is -0.116. The lowest BCUT2D eigenvalue weighted by Gasteiger charge is -2.08. The van der Waals surface area contributed by atoms with Crippen molar-refractivity contribution in [3.63, 3.8) is 0 Å². The molecule has 0 aliphatic carbocycles. The van der Waals surface area contributed by atoms with Crippen LogP contribution in [0.2, 0.25) is 0 Å². The third kappa shape index (κ3) is 2.57. The van der Waals surface area contributed by atoms with Crippen molar-refractivity contribution in [2.75, 3.05) is 25.1 Å². The predicted octanol–water partition coefficient (Wildman–Crippen LogP) is 1.05. The molecule has 92 valence electrons. The van der Waals surface area contributed by atoms with E-state index in [1.165, 1.54) is 0 Å². The second-order valence-corrected chi connectivity index (χ2v) is 3.76. The van der Waals surface area contributed by atoms with Gasteiger partial charge in [0.05, 0.1) is 6.61 Å². The number of carbonyl (C=O) groups excluding carboxylic acids is 1. The molecule has 5 nitrogen and oxygen atoms in total. The Morgan fingerprint density at radius 3 is 3.00 bits per heavy atom. The molecule has 1 amide bonds. The average Bonchev–Trinajstić information content (AvgIpc) is 2.61. The van der Waals surface area contributed by atoms with Gasteiger partial charge in [-0.05, 0) is 13.0 Å². The standard InChI is InChI=1S/C12H16N2O3/c1-2-16-5-6-17-8-3-4-9-10(7-8)14-12(15)11(9)13/h3-4,7,11H,2,5-6,13H2,1H3,(H,14,15). The minimum absolute atomic E-state index is 0.175. The second kappa shape index (κ2) is 5.16. The summed E-state index contributed by atoms with van der Waals surface area (Å²) in [6.45, 7) is 3.66. The molecule has 0 bridgehead atoms. The van der Waals surface area contributed by atoms with Crippen molar-refractivity contribution >= 4 is 11.6 Å². The van der Waals surface area contributed by atoms with Gasteiger partial charge in [0.25, 0.3) is 0 Å². The van der Waals surface area contributed by atoms with Crippen molar-refractivity contribution in [3.05, 3.63) is 23.8 Å². The zero-order valence-electron chi connectivity index (χ0n) is 9.73. The topological polar surface area (TPSA) is 73.6 Å². The van der Waals surface area contributed by atoms with E-state index < -0.39 is 6.04 Å². The summed E-state index contributed by atoms with van der Waals surface area (Å²) in [4.78, 5) is 11.3. The molecule has 0 aromatic heterocycles. The number of carbonyl (C=O) groups is 1. The minimum Gasteiger partial charge on any atom is -0.491 e. The van der Waals surface area contributed by atoms with Gasteiger partial charge in [-0.15, -0.1) is 0 Å². The van der Waals surface area contributed by atoms with E-state index in [1.807, 2.05) is 19.1 Å². The number of ether oxygens (including phenoxy) is 2. The summed E-state index contributed by atoms with van der Waals surface area (Å²) in [6, 6.07) is 4.84. The summed E-state index contributed by atoms with van der Waals surface area (Å²) in [6.07, 6.45) is 0. The molecule has 1 aromatic rings. The van der Waals surface area contributed by atoms with Gasteiger partial charge in [0, 0.05) is 23.9 Å². The molecule has 0 saturated carbocycles. The molecule has 0 spiro atoms. The lowest BCUT2D eigenvalue weighted by atomic mass is 10.1. The Morgan fingerprint density at radius 2 is 2.24 bits per heavy atom. The van der Waals surface area contributed by atoms with Crippen LogP contribution in [0.5, 0.6) is 5.75 Å². The van der Waals surface area contributed by atoms with Crippen molar-refractivity contribution in [1.82, 2.24) is 0 Å². The molecular formula is C12H16N2O3. The zero-order valence-corrected chi connectivity index (χ0v) is 9.73. The Labute approximate surface area is 99.9 Å². The van der Waals surface area contributed by atoms with Gasteiger partial charge in [0.15, 0.2) is 0 Å². The number of anilines is 1. The molecule has 0 radical (unpaired) electrons. The van der Waals surface area contributed by atoms with Crippen molar-refractivity contribution < 1.29 is 14.3 Å². The highest BCUT2D eigenvalue weighted by Crippen LogP contribution is 2.32. The number of nitrogens with one attached hydrogen (secondary N) is 1. The molecular weight excluding hydrogens is 220 g/mol. The molecule has 1 aromatic carbocycles. The summed E-state index contributed by atoms with van der Waals surface area (Å²) in [5.74, 6) is 0.532. The quantitative estimate of drug-likeness (QED) is 0.749. The van der Waals surface area contributed by atoms with Crippen LogP contribution in [0.4, 0.5) is 5.69 Å². The van der Waals surface area contributed by atoms with E-state index in [2.05, 4.69) is 5.32 Å². The molecule has 5 heteroatoms. The monoisotopic (exact) mass is 236 g/mol. The van der Waals surface area contributed by atoms with Crippen molar-refractivity contribution in [2.24, 2.45) is 5.73 Å². The van der Waals surface area contributed by atoms with Crippen LogP contribution in [0.25, 0.3) is 0 Å². The fourth-order valence-electron chi connectivity index (χ4n) is 1.72. The number of rotatable bonds is 5. The van der Waals surface area contributed by atoms with Gasteiger partial charge < -0.3 is 20.5 Å². The smallest absolute Gasteiger partial charge is 0.245 e. The van der Waals surface area contributed by atoms with Crippen LogP contribution < -0.4 is 15.8 Å². The van der Waals surface area contributed by atoms with Crippen molar-refractivity contribution in [3.8, 4) is 5.75 Å². The molecule has 1 aliphatic rings. The SMILES string of the molecule is CCOCCOc1ccc2c(c1)NC(=O)C2N. The maximum absolute atomic E-state index is 11.3. The Kier molecular flexibility index (Phi) is 3.61. The molecule has 17 heavy (non-hydrogen) atoms. The number of benzene rings is 1. The summed E-state index contributed by atoms with van der Waals surface area (Å²) >= 11 is 0. The third-order valence-corrected chi connectivity index (χ3v) is 2.60. The Hall–Kier alpha value is -1.59. The summed E-state index contributed by atoms with van der Waals surface area (Å²) in [5.41, 5.74) is 7.25. The molecule has 0 fully saturated rings. The van der Waals surface area contributed by atoms with Crippen LogP contribution in [0.3, 0.4) is 0 Å². The zero-order chi connectivity index (χ0) is 12.3. The van der Waals surface area contributed by atoms with E-state index in [0.717, 1.165) is 11.3 Å². The largest absolute Gasteiger partial charge is 0.491 e. The third-order valence-electron chi connectivity index (χ3n) is 2.60. The molecule has 3 N–H and O–H groups in total. The number of amides is 1. The molecule has 1 heterocycles. The first-order valence-corrected chi connectivity index (χ1v) is 5.63. The normalized spacial score (nSPS) is 17.8. The van der Waals surface area contributed by atoms with Crippen molar-refractivity contribution in [1.29, 1.82) is 0 Å². The van der Waals surface area contributed by atoms with Gasteiger partial charge in [0.2, 0.25) is 5.91 Å². The Balaban J connectivity index is 1.98. The first-order chi connectivity index (χ1) is 8.22. The van der Waals surface area contributed by atoms with Crippen molar-refractivity contribution in [2.45, 2.75) is 13.0 Å². The van der Waals surface area contributed by atoms with Crippen LogP contribution in [-0.4, -0.2) is 25.7 Å². The molecule has 1 aliphatic heterocycles. The minimum atomic E-state index is -0.567. The summed E-state index contributed by atoms with van der Waals surface area (Å²) in [7, 11) is 0. The summed E-state index contributed by atoms with van der Waals surface area (Å²) < 4.78 is 10.7. The highest BCUT2D eigenvalue weighted by Gasteiger charge is 2.27. The number of hydrogen-bond donors (Lipinski definition) is 2. The fourth-order valence-corrected chi connectivity index (χ4v) is 1.72. The second-order valence-electron chi connectivity index (χ2n) is 3.76. The Morgan fingerprint density at radius 1 is 1.41 bits per heavy atom. The van der Waals surface area contributed by atoms with Gasteiger partial charge >= 0.3 is 0 Å². The fraction of sp³-hybridized carbons (Fsp3) is 0.417. The maximum atomic E-state index is 11.3. The van der Waals surface area contributed by atoms with E-state index in [9.17, 15) is 4.79 Å². The van der Waals surface area contributed by atoms with Crippen LogP contribution >= 0.6 is 0 Å². The van der Waals surface area contributed by atoms with Gasteiger partial charge in [-0.2, -0.15) is 0 Å². The first kappa shape index (κ1) is 11.9.